The molecule has 0 saturated carbocycles. The van der Waals surface area contributed by atoms with Crippen LogP contribution in [0.4, 0.5) is 0 Å². The van der Waals surface area contributed by atoms with Crippen molar-refractivity contribution in [3.8, 4) is 5.75 Å². The smallest absolute Gasteiger partial charge is 0.326 e. The van der Waals surface area contributed by atoms with E-state index in [0.717, 1.165) is 11.3 Å². The third kappa shape index (κ3) is 4.69. The molecule has 1 amide bonds. The molecule has 2 rings (SSSR count). The van der Waals surface area contributed by atoms with E-state index in [0.29, 0.717) is 26.0 Å². The number of aryl methyl sites for hydroxylation is 1. The van der Waals surface area contributed by atoms with Gasteiger partial charge in [-0.05, 0) is 31.0 Å². The van der Waals surface area contributed by atoms with E-state index in [4.69, 9.17) is 9.47 Å². The van der Waals surface area contributed by atoms with Crippen LogP contribution >= 0.6 is 0 Å². The van der Waals surface area contributed by atoms with Crippen molar-refractivity contribution in [1.29, 1.82) is 0 Å². The highest BCUT2D eigenvalue weighted by molar-refractivity contribution is 5.84. The first-order valence-electron chi connectivity index (χ1n) is 7.75. The average Bonchev–Trinajstić information content (AvgIpc) is 2.96. The molecule has 23 heavy (non-hydrogen) atoms. The molecule has 126 valence electrons. The van der Waals surface area contributed by atoms with Gasteiger partial charge >= 0.3 is 5.97 Å². The van der Waals surface area contributed by atoms with E-state index >= 15 is 0 Å². The Morgan fingerprint density at radius 3 is 2.83 bits per heavy atom. The molecule has 0 bridgehead atoms. The average molecular weight is 321 g/mol. The summed E-state index contributed by atoms with van der Waals surface area (Å²) < 4.78 is 10.8. The lowest BCUT2D eigenvalue weighted by Crippen LogP contribution is -2.40. The molecule has 2 atom stereocenters. The van der Waals surface area contributed by atoms with E-state index in [1.54, 1.807) is 0 Å². The summed E-state index contributed by atoms with van der Waals surface area (Å²) in [4.78, 5) is 24.9. The van der Waals surface area contributed by atoms with Gasteiger partial charge < -0.3 is 19.5 Å². The summed E-state index contributed by atoms with van der Waals surface area (Å²) in [5.74, 6) is -0.361. The van der Waals surface area contributed by atoms with Crippen molar-refractivity contribution < 1.29 is 24.2 Å². The molecule has 1 aromatic rings. The fourth-order valence-electron chi connectivity index (χ4n) is 2.74. The summed E-state index contributed by atoms with van der Waals surface area (Å²) in [5, 5.41) is 9.22. The maximum absolute atomic E-state index is 12.2. The van der Waals surface area contributed by atoms with Gasteiger partial charge in [-0.3, -0.25) is 4.79 Å². The van der Waals surface area contributed by atoms with Crippen molar-refractivity contribution in [3.63, 3.8) is 0 Å². The molecule has 1 fully saturated rings. The maximum Gasteiger partial charge on any atom is 0.326 e. The van der Waals surface area contributed by atoms with Crippen LogP contribution in [0.15, 0.2) is 24.3 Å². The number of carboxylic acids is 1. The molecule has 1 heterocycles. The van der Waals surface area contributed by atoms with Crippen molar-refractivity contribution >= 4 is 11.9 Å². The monoisotopic (exact) mass is 321 g/mol. The molecule has 0 aliphatic carbocycles. The van der Waals surface area contributed by atoms with Gasteiger partial charge in [0, 0.05) is 26.5 Å². The number of nitrogens with zero attached hydrogens (tertiary/aromatic N) is 1. The second-order valence-electron chi connectivity index (χ2n) is 5.76. The second kappa shape index (κ2) is 7.97. The van der Waals surface area contributed by atoms with Gasteiger partial charge in [0.25, 0.3) is 0 Å². The highest BCUT2D eigenvalue weighted by Crippen LogP contribution is 2.21. The van der Waals surface area contributed by atoms with Crippen molar-refractivity contribution in [2.45, 2.75) is 38.3 Å². The zero-order valence-corrected chi connectivity index (χ0v) is 13.5. The minimum atomic E-state index is -0.978. The fourth-order valence-corrected chi connectivity index (χ4v) is 2.74. The van der Waals surface area contributed by atoms with Gasteiger partial charge in [0.2, 0.25) is 5.91 Å². The van der Waals surface area contributed by atoms with Gasteiger partial charge in [-0.15, -0.1) is 0 Å². The zero-order valence-electron chi connectivity index (χ0n) is 13.5. The van der Waals surface area contributed by atoms with Crippen LogP contribution in [0.1, 0.15) is 24.8 Å². The molecular formula is C17H23NO5. The topological polar surface area (TPSA) is 76.1 Å². The fraction of sp³-hybridized carbons (Fsp3) is 0.529. The minimum Gasteiger partial charge on any atom is -0.494 e. The van der Waals surface area contributed by atoms with Crippen LogP contribution < -0.4 is 4.74 Å². The molecule has 6 heteroatoms. The van der Waals surface area contributed by atoms with E-state index in [9.17, 15) is 14.7 Å². The summed E-state index contributed by atoms with van der Waals surface area (Å²) in [7, 11) is 1.53. The lowest BCUT2D eigenvalue weighted by atomic mass is 10.2. The Balaban J connectivity index is 1.78. The van der Waals surface area contributed by atoms with E-state index < -0.39 is 12.0 Å². The van der Waals surface area contributed by atoms with Gasteiger partial charge in [0.1, 0.15) is 11.8 Å². The third-order valence-electron chi connectivity index (χ3n) is 3.99. The summed E-state index contributed by atoms with van der Waals surface area (Å²) in [6, 6.07) is 6.93. The van der Waals surface area contributed by atoms with E-state index in [2.05, 4.69) is 0 Å². The van der Waals surface area contributed by atoms with Crippen LogP contribution in [0.5, 0.6) is 5.75 Å². The molecule has 2 unspecified atom stereocenters. The number of benzene rings is 1. The highest BCUT2D eigenvalue weighted by Gasteiger charge is 2.39. The van der Waals surface area contributed by atoms with Crippen molar-refractivity contribution in [2.24, 2.45) is 0 Å². The highest BCUT2D eigenvalue weighted by atomic mass is 16.5. The molecule has 1 aliphatic heterocycles. The molecular weight excluding hydrogens is 298 g/mol. The summed E-state index contributed by atoms with van der Waals surface area (Å²) >= 11 is 0. The van der Waals surface area contributed by atoms with Gasteiger partial charge in [0.05, 0.1) is 12.7 Å². The Morgan fingerprint density at radius 1 is 1.39 bits per heavy atom. The number of carbonyl (C=O) groups is 2. The largest absolute Gasteiger partial charge is 0.494 e. The standard InChI is InChI=1S/C17H23NO5/c1-12-5-3-6-13(9-12)23-8-4-7-16(19)18-11-14(22-2)10-15(18)17(20)21/h3,5-6,9,14-15H,4,7-8,10-11H2,1-2H3,(H,20,21). The first-order valence-corrected chi connectivity index (χ1v) is 7.75. The normalized spacial score (nSPS) is 20.5. The van der Waals surface area contributed by atoms with Crippen LogP contribution in [0.25, 0.3) is 0 Å². The van der Waals surface area contributed by atoms with Crippen LogP contribution in [0, 0.1) is 6.92 Å². The summed E-state index contributed by atoms with van der Waals surface area (Å²) in [5.41, 5.74) is 1.12. The van der Waals surface area contributed by atoms with Crippen molar-refractivity contribution in [1.82, 2.24) is 4.90 Å². The molecule has 1 aromatic carbocycles. The van der Waals surface area contributed by atoms with Crippen LogP contribution in [-0.4, -0.2) is 54.3 Å². The Bertz CT molecular complexity index is 560. The van der Waals surface area contributed by atoms with Crippen molar-refractivity contribution in [3.05, 3.63) is 29.8 Å². The Morgan fingerprint density at radius 2 is 2.17 bits per heavy atom. The molecule has 1 N–H and O–H groups in total. The number of hydrogen-bond donors (Lipinski definition) is 1. The quantitative estimate of drug-likeness (QED) is 0.776. The maximum atomic E-state index is 12.2. The van der Waals surface area contributed by atoms with Gasteiger partial charge in [-0.2, -0.15) is 0 Å². The van der Waals surface area contributed by atoms with Crippen LogP contribution in [-0.2, 0) is 14.3 Å². The number of aliphatic carboxylic acids is 1. The number of likely N-dealkylation sites (tertiary alicyclic amines) is 1. The molecule has 1 saturated heterocycles. The zero-order chi connectivity index (χ0) is 16.8. The molecule has 0 radical (unpaired) electrons. The number of methoxy groups -OCH3 is 1. The number of hydrogen-bond acceptors (Lipinski definition) is 4. The third-order valence-corrected chi connectivity index (χ3v) is 3.99. The van der Waals surface area contributed by atoms with Gasteiger partial charge in [-0.25, -0.2) is 4.79 Å². The predicted octanol–water partition coefficient (Wildman–Crippen LogP) is 1.85. The SMILES string of the molecule is COC1CC(C(=O)O)N(C(=O)CCCOc2cccc(C)c2)C1. The van der Waals surface area contributed by atoms with Crippen molar-refractivity contribution in [2.75, 3.05) is 20.3 Å². The summed E-state index contributed by atoms with van der Waals surface area (Å²) in [6.45, 7) is 2.75. The van der Waals surface area contributed by atoms with E-state index in [1.165, 1.54) is 12.0 Å². The van der Waals surface area contributed by atoms with Gasteiger partial charge in [0.15, 0.2) is 0 Å². The van der Waals surface area contributed by atoms with E-state index in [-0.39, 0.29) is 18.4 Å². The first kappa shape index (κ1) is 17.3. The Kier molecular flexibility index (Phi) is 5.98. The summed E-state index contributed by atoms with van der Waals surface area (Å²) in [6.07, 6.45) is 0.958. The Hall–Kier alpha value is -2.08. The number of amides is 1. The van der Waals surface area contributed by atoms with Crippen LogP contribution in [0.2, 0.25) is 0 Å². The minimum absolute atomic E-state index is 0.162. The number of rotatable bonds is 7. The lowest BCUT2D eigenvalue weighted by Gasteiger charge is -2.21. The van der Waals surface area contributed by atoms with E-state index in [1.807, 2.05) is 31.2 Å². The lowest BCUT2D eigenvalue weighted by molar-refractivity contribution is -0.148. The van der Waals surface area contributed by atoms with Crippen LogP contribution in [0.3, 0.4) is 0 Å². The molecule has 0 spiro atoms. The number of carbonyl (C=O) groups excluding carboxylic acids is 1. The molecule has 0 aromatic heterocycles. The second-order valence-corrected chi connectivity index (χ2v) is 5.76. The molecule has 6 nitrogen and oxygen atoms in total. The van der Waals surface area contributed by atoms with Gasteiger partial charge in [-0.1, -0.05) is 12.1 Å². The molecule has 1 aliphatic rings. The predicted molar refractivity (Wildman–Crippen MR) is 84.5 cm³/mol. The first-order chi connectivity index (χ1) is 11.0. The number of ether oxygens (including phenoxy) is 2. The number of carboxylic acid groups (broad SMARTS) is 1. The Labute approximate surface area is 136 Å².